The standard InChI is InChI=1S/C11H10F3NO2/c1-17-15-7(4-11(15)16)2-6-3-9(13)10(14)5-8(6)12/h3,5,7H,2,4H2,1H3/t7-/m1/s1. The highest BCUT2D eigenvalue weighted by atomic mass is 19.2. The summed E-state index contributed by atoms with van der Waals surface area (Å²) in [6.45, 7) is 0. The lowest BCUT2D eigenvalue weighted by Crippen LogP contribution is -2.52. The SMILES string of the molecule is CON1C(=O)C[C@H]1Cc1cc(F)c(F)cc1F. The number of carbonyl (C=O) groups is 1. The first kappa shape index (κ1) is 11.9. The molecule has 2 rings (SSSR count). The number of nitrogens with zero attached hydrogens (tertiary/aromatic N) is 1. The first-order chi connectivity index (χ1) is 8.02. The number of hydroxylamine groups is 2. The van der Waals surface area contributed by atoms with Gasteiger partial charge < -0.3 is 0 Å². The van der Waals surface area contributed by atoms with Crippen molar-refractivity contribution in [3.05, 3.63) is 35.1 Å². The third kappa shape index (κ3) is 2.12. The Morgan fingerprint density at radius 3 is 2.53 bits per heavy atom. The molecule has 0 aromatic heterocycles. The van der Waals surface area contributed by atoms with E-state index >= 15 is 0 Å². The molecular formula is C11H10F3NO2. The van der Waals surface area contributed by atoms with Crippen LogP contribution < -0.4 is 0 Å². The summed E-state index contributed by atoms with van der Waals surface area (Å²) in [5.41, 5.74) is 0.0310. The fourth-order valence-corrected chi connectivity index (χ4v) is 1.85. The van der Waals surface area contributed by atoms with E-state index < -0.39 is 17.5 Å². The van der Waals surface area contributed by atoms with Gasteiger partial charge in [-0.1, -0.05) is 0 Å². The Hall–Kier alpha value is -1.56. The van der Waals surface area contributed by atoms with Gasteiger partial charge in [0.1, 0.15) is 5.82 Å². The summed E-state index contributed by atoms with van der Waals surface area (Å²) < 4.78 is 39.0. The lowest BCUT2D eigenvalue weighted by Gasteiger charge is -2.37. The molecule has 3 nitrogen and oxygen atoms in total. The summed E-state index contributed by atoms with van der Waals surface area (Å²) in [5.74, 6) is -3.35. The monoisotopic (exact) mass is 245 g/mol. The van der Waals surface area contributed by atoms with Crippen LogP contribution in [0.25, 0.3) is 0 Å². The maximum Gasteiger partial charge on any atom is 0.248 e. The number of rotatable bonds is 3. The van der Waals surface area contributed by atoms with Crippen LogP contribution in [0.3, 0.4) is 0 Å². The van der Waals surface area contributed by atoms with E-state index in [-0.39, 0.29) is 30.4 Å². The van der Waals surface area contributed by atoms with E-state index in [9.17, 15) is 18.0 Å². The largest absolute Gasteiger partial charge is 0.274 e. The molecule has 0 spiro atoms. The number of halogens is 3. The van der Waals surface area contributed by atoms with Crippen molar-refractivity contribution in [1.29, 1.82) is 0 Å². The molecule has 1 atom stereocenters. The molecule has 1 saturated heterocycles. The minimum atomic E-state index is -1.22. The summed E-state index contributed by atoms with van der Waals surface area (Å²) in [5, 5.41) is 1.10. The summed E-state index contributed by atoms with van der Waals surface area (Å²) in [7, 11) is 1.33. The van der Waals surface area contributed by atoms with Gasteiger partial charge in [-0.05, 0) is 18.1 Å². The predicted molar refractivity (Wildman–Crippen MR) is 52.3 cm³/mol. The molecule has 92 valence electrons. The molecule has 1 fully saturated rings. The van der Waals surface area contributed by atoms with E-state index in [4.69, 9.17) is 4.84 Å². The minimum Gasteiger partial charge on any atom is -0.274 e. The van der Waals surface area contributed by atoms with Crippen LogP contribution in [0.1, 0.15) is 12.0 Å². The van der Waals surface area contributed by atoms with E-state index in [1.54, 1.807) is 0 Å². The Labute approximate surface area is 95.7 Å². The highest BCUT2D eigenvalue weighted by Crippen LogP contribution is 2.25. The van der Waals surface area contributed by atoms with Crippen molar-refractivity contribution in [2.75, 3.05) is 7.11 Å². The second-order valence-electron chi connectivity index (χ2n) is 3.82. The summed E-state index contributed by atoms with van der Waals surface area (Å²) >= 11 is 0. The van der Waals surface area contributed by atoms with Crippen LogP contribution in [-0.2, 0) is 16.1 Å². The summed E-state index contributed by atoms with van der Waals surface area (Å²) in [6, 6.07) is 0.982. The van der Waals surface area contributed by atoms with Crippen LogP contribution in [0.2, 0.25) is 0 Å². The van der Waals surface area contributed by atoms with E-state index in [2.05, 4.69) is 0 Å². The number of carbonyl (C=O) groups excluding carboxylic acids is 1. The normalized spacial score (nSPS) is 19.4. The maximum atomic E-state index is 13.3. The molecule has 1 heterocycles. The Balaban J connectivity index is 2.14. The number of β-lactam (4-membered cyclic amide) rings is 1. The molecule has 0 bridgehead atoms. The first-order valence-electron chi connectivity index (χ1n) is 5.02. The zero-order valence-corrected chi connectivity index (χ0v) is 9.04. The van der Waals surface area contributed by atoms with Crippen LogP contribution in [0.4, 0.5) is 13.2 Å². The van der Waals surface area contributed by atoms with Crippen molar-refractivity contribution in [2.45, 2.75) is 18.9 Å². The second kappa shape index (κ2) is 4.37. The predicted octanol–water partition coefficient (Wildman–Crippen LogP) is 1.81. The number of hydrogen-bond acceptors (Lipinski definition) is 2. The number of benzene rings is 1. The molecular weight excluding hydrogens is 235 g/mol. The average Bonchev–Trinajstić information content (AvgIpc) is 2.25. The quantitative estimate of drug-likeness (QED) is 0.600. The first-order valence-corrected chi connectivity index (χ1v) is 5.02. The number of amides is 1. The van der Waals surface area contributed by atoms with Crippen molar-refractivity contribution >= 4 is 5.91 Å². The average molecular weight is 245 g/mol. The van der Waals surface area contributed by atoms with Gasteiger partial charge in [0, 0.05) is 6.07 Å². The van der Waals surface area contributed by atoms with Crippen molar-refractivity contribution in [3.8, 4) is 0 Å². The second-order valence-corrected chi connectivity index (χ2v) is 3.82. The van der Waals surface area contributed by atoms with Crippen LogP contribution in [0, 0.1) is 17.5 Å². The highest BCUT2D eigenvalue weighted by Gasteiger charge is 2.37. The third-order valence-electron chi connectivity index (χ3n) is 2.73. The van der Waals surface area contributed by atoms with Gasteiger partial charge in [0.25, 0.3) is 0 Å². The zero-order chi connectivity index (χ0) is 12.6. The van der Waals surface area contributed by atoms with Gasteiger partial charge >= 0.3 is 0 Å². The van der Waals surface area contributed by atoms with Gasteiger partial charge in [-0.15, -0.1) is 0 Å². The molecule has 1 aromatic rings. The molecule has 6 heteroatoms. The van der Waals surface area contributed by atoms with Crippen molar-refractivity contribution < 1.29 is 22.8 Å². The van der Waals surface area contributed by atoms with Crippen molar-refractivity contribution in [3.63, 3.8) is 0 Å². The Bertz CT molecular complexity index is 464. The van der Waals surface area contributed by atoms with Crippen molar-refractivity contribution in [2.24, 2.45) is 0 Å². The van der Waals surface area contributed by atoms with E-state index in [1.165, 1.54) is 7.11 Å². The Morgan fingerprint density at radius 1 is 1.29 bits per heavy atom. The number of hydrogen-bond donors (Lipinski definition) is 0. The van der Waals surface area contributed by atoms with Crippen molar-refractivity contribution in [1.82, 2.24) is 5.06 Å². The highest BCUT2D eigenvalue weighted by molar-refractivity contribution is 5.81. The maximum absolute atomic E-state index is 13.3. The molecule has 0 saturated carbocycles. The van der Waals surface area contributed by atoms with Crippen LogP contribution in [0.15, 0.2) is 12.1 Å². The van der Waals surface area contributed by atoms with E-state index in [0.29, 0.717) is 6.07 Å². The molecule has 0 N–H and O–H groups in total. The molecule has 17 heavy (non-hydrogen) atoms. The molecule has 1 aliphatic rings. The summed E-state index contributed by atoms with van der Waals surface area (Å²) in [6.07, 6.45) is 0.314. The van der Waals surface area contributed by atoms with Crippen LogP contribution in [-0.4, -0.2) is 24.1 Å². The lowest BCUT2D eigenvalue weighted by molar-refractivity contribution is -0.215. The smallest absolute Gasteiger partial charge is 0.248 e. The Kier molecular flexibility index (Phi) is 3.06. The van der Waals surface area contributed by atoms with Crippen LogP contribution >= 0.6 is 0 Å². The fourth-order valence-electron chi connectivity index (χ4n) is 1.85. The molecule has 0 radical (unpaired) electrons. The Morgan fingerprint density at radius 2 is 1.94 bits per heavy atom. The third-order valence-corrected chi connectivity index (χ3v) is 2.73. The van der Waals surface area contributed by atoms with Gasteiger partial charge in [0.05, 0.1) is 19.6 Å². The molecule has 0 aliphatic carbocycles. The molecule has 1 amide bonds. The van der Waals surface area contributed by atoms with Gasteiger partial charge in [-0.3, -0.25) is 9.63 Å². The van der Waals surface area contributed by atoms with E-state index in [0.717, 1.165) is 11.1 Å². The lowest BCUT2D eigenvalue weighted by atomic mass is 9.96. The zero-order valence-electron chi connectivity index (χ0n) is 9.04. The van der Waals surface area contributed by atoms with Gasteiger partial charge in [-0.25, -0.2) is 18.2 Å². The van der Waals surface area contributed by atoms with E-state index in [1.807, 2.05) is 0 Å². The van der Waals surface area contributed by atoms with Gasteiger partial charge in [-0.2, -0.15) is 0 Å². The fraction of sp³-hybridized carbons (Fsp3) is 0.364. The van der Waals surface area contributed by atoms with Gasteiger partial charge in [0.2, 0.25) is 5.91 Å². The molecule has 0 unspecified atom stereocenters. The minimum absolute atomic E-state index is 0.0310. The van der Waals surface area contributed by atoms with Crippen LogP contribution in [0.5, 0.6) is 0 Å². The summed E-state index contributed by atoms with van der Waals surface area (Å²) in [4.78, 5) is 15.8. The molecule has 1 aromatic carbocycles. The van der Waals surface area contributed by atoms with Gasteiger partial charge in [0.15, 0.2) is 11.6 Å². The topological polar surface area (TPSA) is 29.5 Å². The molecule has 1 aliphatic heterocycles.